The summed E-state index contributed by atoms with van der Waals surface area (Å²) >= 11 is 2.05. The molecule has 0 spiro atoms. The van der Waals surface area contributed by atoms with E-state index in [1.54, 1.807) is 0 Å². The zero-order valence-corrected chi connectivity index (χ0v) is 18.3. The second-order valence-electron chi connectivity index (χ2n) is 8.41. The zero-order valence-electron chi connectivity index (χ0n) is 17.4. The number of ether oxygens (including phenoxy) is 1. The zero-order chi connectivity index (χ0) is 19.5. The predicted molar refractivity (Wildman–Crippen MR) is 121 cm³/mol. The maximum atomic E-state index is 5.60. The van der Waals surface area contributed by atoms with E-state index >= 15 is 0 Å². The number of morpholine rings is 1. The molecule has 8 nitrogen and oxygen atoms in total. The molecule has 5 heterocycles. The van der Waals surface area contributed by atoms with E-state index in [4.69, 9.17) is 9.72 Å². The van der Waals surface area contributed by atoms with Crippen LogP contribution in [0.3, 0.4) is 0 Å². The van der Waals surface area contributed by atoms with Crippen LogP contribution in [0.25, 0.3) is 0 Å². The van der Waals surface area contributed by atoms with Crippen LogP contribution >= 0.6 is 11.8 Å². The number of nitrogens with one attached hydrogen (secondary N) is 2. The van der Waals surface area contributed by atoms with Crippen LogP contribution in [0.5, 0.6) is 0 Å². The fourth-order valence-electron chi connectivity index (χ4n) is 4.96. The predicted octanol–water partition coefficient (Wildman–Crippen LogP) is 1.02. The number of nitrogens with zero attached hydrogens (tertiary/aromatic N) is 5. The second-order valence-corrected chi connectivity index (χ2v) is 9.63. The monoisotopic (exact) mass is 421 g/mol. The fraction of sp³-hybridized carbons (Fsp3) is 0.850. The van der Waals surface area contributed by atoms with Crippen LogP contribution in [-0.4, -0.2) is 105 Å². The van der Waals surface area contributed by atoms with Crippen molar-refractivity contribution in [1.29, 1.82) is 0 Å². The Balaban J connectivity index is 1.44. The molecule has 1 aromatic rings. The molecule has 0 aliphatic carbocycles. The molecule has 0 bridgehead atoms. The van der Waals surface area contributed by atoms with Gasteiger partial charge in [-0.25, -0.2) is 0 Å². The molecule has 1 atom stereocenters. The van der Waals surface area contributed by atoms with Crippen LogP contribution in [0.4, 0.5) is 17.6 Å². The lowest BCUT2D eigenvalue weighted by atomic mass is 10.1. The second kappa shape index (κ2) is 9.32. The number of H-pyrrole nitrogens is 1. The molecule has 0 saturated carbocycles. The summed E-state index contributed by atoms with van der Waals surface area (Å²) in [5.41, 5.74) is 0. The average Bonchev–Trinajstić information content (AvgIpc) is 3.26. The lowest BCUT2D eigenvalue weighted by Gasteiger charge is -2.44. The first-order valence-electron chi connectivity index (χ1n) is 11.4. The summed E-state index contributed by atoms with van der Waals surface area (Å²) < 4.78 is 5.60. The van der Waals surface area contributed by atoms with Crippen LogP contribution in [-0.2, 0) is 4.74 Å². The first kappa shape index (κ1) is 19.8. The molecule has 4 saturated heterocycles. The number of hydrogen-bond donors (Lipinski definition) is 2. The molecule has 1 unspecified atom stereocenters. The number of imidazole rings is 1. The van der Waals surface area contributed by atoms with Crippen molar-refractivity contribution >= 4 is 29.3 Å². The van der Waals surface area contributed by atoms with Gasteiger partial charge in [0.05, 0.1) is 19.4 Å². The fourth-order valence-corrected chi connectivity index (χ4v) is 5.86. The van der Waals surface area contributed by atoms with Gasteiger partial charge in [-0.3, -0.25) is 4.90 Å². The van der Waals surface area contributed by atoms with Crippen LogP contribution in [0.15, 0.2) is 0 Å². The van der Waals surface area contributed by atoms with Crippen LogP contribution in [0.1, 0.15) is 19.3 Å². The first-order valence-corrected chi connectivity index (χ1v) is 12.5. The number of aromatic nitrogens is 2. The molecule has 4 aliphatic heterocycles. The Kier molecular flexibility index (Phi) is 6.36. The highest BCUT2D eigenvalue weighted by molar-refractivity contribution is 7.99. The van der Waals surface area contributed by atoms with Gasteiger partial charge in [-0.1, -0.05) is 6.42 Å². The molecular formula is C20H35N7OS. The molecular weight excluding hydrogens is 386 g/mol. The van der Waals surface area contributed by atoms with Gasteiger partial charge in [-0.2, -0.15) is 16.7 Å². The van der Waals surface area contributed by atoms with Crippen molar-refractivity contribution < 1.29 is 4.74 Å². The van der Waals surface area contributed by atoms with Gasteiger partial charge in [0.1, 0.15) is 0 Å². The lowest BCUT2D eigenvalue weighted by Crippen LogP contribution is -2.60. The summed E-state index contributed by atoms with van der Waals surface area (Å²) in [5, 5.41) is 3.61. The quantitative estimate of drug-likeness (QED) is 0.747. The smallest absolute Gasteiger partial charge is 0.207 e. The normalized spacial score (nSPS) is 27.4. The Morgan fingerprint density at radius 3 is 2.48 bits per heavy atom. The third-order valence-electron chi connectivity index (χ3n) is 6.59. The molecule has 0 aromatic carbocycles. The number of piperidine rings is 1. The van der Waals surface area contributed by atoms with Gasteiger partial charge in [0.25, 0.3) is 0 Å². The number of piperazine rings is 1. The highest BCUT2D eigenvalue weighted by Crippen LogP contribution is 2.33. The van der Waals surface area contributed by atoms with Gasteiger partial charge in [0.2, 0.25) is 5.95 Å². The van der Waals surface area contributed by atoms with Gasteiger partial charge in [-0.05, 0) is 12.8 Å². The van der Waals surface area contributed by atoms with E-state index in [1.165, 1.54) is 49.7 Å². The molecule has 2 N–H and O–H groups in total. The minimum atomic E-state index is 0.400. The Hall–Kier alpha value is -1.16. The van der Waals surface area contributed by atoms with Crippen molar-refractivity contribution in [2.45, 2.75) is 25.4 Å². The summed E-state index contributed by atoms with van der Waals surface area (Å²) in [4.78, 5) is 19.1. The minimum absolute atomic E-state index is 0.400. The van der Waals surface area contributed by atoms with Gasteiger partial charge in [-0.15, -0.1) is 0 Å². The molecule has 4 fully saturated rings. The Bertz CT molecular complexity index is 618. The molecule has 5 rings (SSSR count). The van der Waals surface area contributed by atoms with Crippen molar-refractivity contribution in [3.05, 3.63) is 0 Å². The van der Waals surface area contributed by atoms with E-state index in [-0.39, 0.29) is 0 Å². The van der Waals surface area contributed by atoms with E-state index in [9.17, 15) is 0 Å². The van der Waals surface area contributed by atoms with Crippen molar-refractivity contribution in [1.82, 2.24) is 20.2 Å². The minimum Gasteiger partial charge on any atom is -0.378 e. The van der Waals surface area contributed by atoms with Gasteiger partial charge in [0, 0.05) is 70.4 Å². The van der Waals surface area contributed by atoms with E-state index < -0.39 is 0 Å². The highest BCUT2D eigenvalue weighted by Gasteiger charge is 2.33. The maximum Gasteiger partial charge on any atom is 0.207 e. The number of aromatic amines is 1. The summed E-state index contributed by atoms with van der Waals surface area (Å²) in [5.74, 6) is 5.79. The molecule has 29 heavy (non-hydrogen) atoms. The van der Waals surface area contributed by atoms with Gasteiger partial charge in [0.15, 0.2) is 11.6 Å². The molecule has 0 amide bonds. The van der Waals surface area contributed by atoms with Crippen LogP contribution in [0.2, 0.25) is 0 Å². The van der Waals surface area contributed by atoms with Crippen molar-refractivity contribution in [2.24, 2.45) is 0 Å². The van der Waals surface area contributed by atoms with E-state index in [0.29, 0.717) is 6.17 Å². The number of likely N-dealkylation sites (tertiary alicyclic amines) is 1. The van der Waals surface area contributed by atoms with Gasteiger partial charge >= 0.3 is 0 Å². The molecule has 1 aromatic heterocycles. The van der Waals surface area contributed by atoms with Crippen molar-refractivity contribution in [3.63, 3.8) is 0 Å². The number of thioether (sulfide) groups is 1. The summed E-state index contributed by atoms with van der Waals surface area (Å²) in [7, 11) is 0. The van der Waals surface area contributed by atoms with E-state index in [0.717, 1.165) is 70.8 Å². The highest BCUT2D eigenvalue weighted by atomic mass is 32.2. The largest absolute Gasteiger partial charge is 0.378 e. The molecule has 4 aliphatic rings. The van der Waals surface area contributed by atoms with E-state index in [2.05, 4.69) is 41.7 Å². The van der Waals surface area contributed by atoms with Gasteiger partial charge < -0.3 is 29.7 Å². The molecule has 9 heteroatoms. The Morgan fingerprint density at radius 1 is 0.897 bits per heavy atom. The van der Waals surface area contributed by atoms with Crippen molar-refractivity contribution in [3.8, 4) is 0 Å². The Morgan fingerprint density at radius 2 is 1.69 bits per heavy atom. The molecule has 162 valence electrons. The topological polar surface area (TPSA) is 62.9 Å². The summed E-state index contributed by atoms with van der Waals surface area (Å²) in [6.07, 6.45) is 4.41. The number of rotatable bonds is 4. The average molecular weight is 422 g/mol. The van der Waals surface area contributed by atoms with Crippen LogP contribution in [0, 0.1) is 0 Å². The van der Waals surface area contributed by atoms with Crippen molar-refractivity contribution in [2.75, 3.05) is 98.3 Å². The standard InChI is InChI=1S/C20H35N7OS/c1-2-5-24(6-3-1)17-16-21-4-7-27(17)20-22-18(25-8-12-28-13-9-25)19(23-20)26-10-14-29-15-11-26/h17,21H,1-16H2,(H,22,23). The third-order valence-corrected chi connectivity index (χ3v) is 7.53. The summed E-state index contributed by atoms with van der Waals surface area (Å²) in [6.45, 7) is 11.1. The third kappa shape index (κ3) is 4.33. The maximum absolute atomic E-state index is 5.60. The number of hydrogen-bond acceptors (Lipinski definition) is 8. The molecule has 0 radical (unpaired) electrons. The summed E-state index contributed by atoms with van der Waals surface area (Å²) in [6, 6.07) is 0. The number of anilines is 3. The SMILES string of the molecule is C1CCN(C2CNCCN2c2nc(N3CCOCC3)c(N3CCSCC3)[nH]2)CC1. The first-order chi connectivity index (χ1) is 14.4. The van der Waals surface area contributed by atoms with Crippen LogP contribution < -0.4 is 20.0 Å². The lowest BCUT2D eigenvalue weighted by molar-refractivity contribution is 0.122. The Labute approximate surface area is 178 Å². The van der Waals surface area contributed by atoms with E-state index in [1.807, 2.05) is 0 Å².